The van der Waals surface area contributed by atoms with Crippen LogP contribution >= 0.6 is 0 Å². The second-order valence-corrected chi connectivity index (χ2v) is 13.9. The second kappa shape index (κ2) is 14.7. The van der Waals surface area contributed by atoms with Crippen LogP contribution in [0.3, 0.4) is 0 Å². The van der Waals surface area contributed by atoms with Gasteiger partial charge in [-0.15, -0.1) is 13.2 Å². The molecule has 38 heavy (non-hydrogen) atoms. The van der Waals surface area contributed by atoms with Gasteiger partial charge in [-0.2, -0.15) is 0 Å². The van der Waals surface area contributed by atoms with Gasteiger partial charge in [-0.25, -0.2) is 0 Å². The van der Waals surface area contributed by atoms with Crippen LogP contribution in [0, 0.1) is 22.7 Å². The summed E-state index contributed by atoms with van der Waals surface area (Å²) in [4.78, 5) is 10.9. The van der Waals surface area contributed by atoms with Crippen molar-refractivity contribution in [3.8, 4) is 0 Å². The van der Waals surface area contributed by atoms with Crippen LogP contribution in [0.15, 0.2) is 49.6 Å². The van der Waals surface area contributed by atoms with Gasteiger partial charge in [-0.3, -0.25) is 4.79 Å². The van der Waals surface area contributed by atoms with E-state index in [4.69, 9.17) is 4.74 Å². The zero-order valence-corrected chi connectivity index (χ0v) is 26.5. The van der Waals surface area contributed by atoms with Crippen molar-refractivity contribution in [2.45, 2.75) is 137 Å². The van der Waals surface area contributed by atoms with Crippen LogP contribution in [0.5, 0.6) is 0 Å². The molecule has 0 aromatic heterocycles. The first-order valence-corrected chi connectivity index (χ1v) is 14.3. The molecule has 5 unspecified atom stereocenters. The number of allylic oxidation sites excluding steroid dienone is 2. The van der Waals surface area contributed by atoms with Crippen LogP contribution in [0.1, 0.15) is 121 Å². The van der Waals surface area contributed by atoms with Gasteiger partial charge in [0.05, 0.1) is 11.2 Å². The number of rotatable bonds is 13. The van der Waals surface area contributed by atoms with Crippen molar-refractivity contribution in [3.05, 3.63) is 49.6 Å². The van der Waals surface area contributed by atoms with Crippen molar-refractivity contribution in [2.75, 3.05) is 0 Å². The van der Waals surface area contributed by atoms with Gasteiger partial charge in [0.15, 0.2) is 0 Å². The summed E-state index contributed by atoms with van der Waals surface area (Å²) in [5, 5.41) is 19.1. The lowest BCUT2D eigenvalue weighted by Gasteiger charge is -2.25. The van der Waals surface area contributed by atoms with Gasteiger partial charge < -0.3 is 14.9 Å². The quantitative estimate of drug-likeness (QED) is 0.184. The second-order valence-electron chi connectivity index (χ2n) is 13.9. The lowest BCUT2D eigenvalue weighted by Crippen LogP contribution is -2.28. The number of esters is 1. The minimum Gasteiger partial charge on any atom is -0.455 e. The molecule has 2 aliphatic carbocycles. The van der Waals surface area contributed by atoms with E-state index in [0.717, 1.165) is 50.4 Å². The number of hydrogen-bond donors (Lipinski definition) is 2. The zero-order chi connectivity index (χ0) is 30.0. The molecule has 2 rings (SSSR count). The van der Waals surface area contributed by atoms with Crippen molar-refractivity contribution < 1.29 is 19.7 Å². The van der Waals surface area contributed by atoms with Gasteiger partial charge in [-0.05, 0) is 115 Å². The van der Waals surface area contributed by atoms with Crippen molar-refractivity contribution in [3.63, 3.8) is 0 Å². The van der Waals surface area contributed by atoms with E-state index in [9.17, 15) is 15.0 Å². The Morgan fingerprint density at radius 1 is 0.816 bits per heavy atom. The first-order chi connectivity index (χ1) is 17.1. The predicted molar refractivity (Wildman–Crippen MR) is 163 cm³/mol. The molecule has 4 heteroatoms. The van der Waals surface area contributed by atoms with Gasteiger partial charge in [0.1, 0.15) is 5.60 Å². The summed E-state index contributed by atoms with van der Waals surface area (Å²) in [7, 11) is 0. The Kier molecular flexibility index (Phi) is 14.0. The van der Waals surface area contributed by atoms with Gasteiger partial charge in [0.25, 0.3) is 0 Å². The molecule has 0 aromatic carbocycles. The largest absolute Gasteiger partial charge is 0.455 e. The van der Waals surface area contributed by atoms with Gasteiger partial charge in [-0.1, -0.05) is 58.1 Å². The fourth-order valence-electron chi connectivity index (χ4n) is 4.45. The fourth-order valence-corrected chi connectivity index (χ4v) is 4.45. The van der Waals surface area contributed by atoms with Crippen molar-refractivity contribution in [1.82, 2.24) is 0 Å². The number of carbonyl (C=O) groups is 1. The summed E-state index contributed by atoms with van der Waals surface area (Å²) in [6.07, 6.45) is 15.4. The molecule has 2 saturated carbocycles. The molecular formula is C34H60O4. The molecule has 0 spiro atoms. The summed E-state index contributed by atoms with van der Waals surface area (Å²) >= 11 is 0. The standard InChI is InChI=1S/C13H22O2.C11H20O.C10H18O/c1-6-13(5,15-10(2)14)8-7-11-9-12(11,3)4;1-5-11(4,12)7-6-9-8-10(9,2)3;1-5-10(4,11)8-6-7-9(2)3/h6,11H,1,7-9H2,2-5H3;5,9,12H,1,6-8H2,2-4H3;5,7,11H,1,6,8H2,2-4H3. The Morgan fingerprint density at radius 2 is 1.21 bits per heavy atom. The summed E-state index contributed by atoms with van der Waals surface area (Å²) in [5.41, 5.74) is 0.495. The molecule has 0 amide bonds. The molecule has 0 aromatic rings. The molecule has 5 atom stereocenters. The monoisotopic (exact) mass is 532 g/mol. The van der Waals surface area contributed by atoms with Crippen molar-refractivity contribution in [1.29, 1.82) is 0 Å². The highest BCUT2D eigenvalue weighted by Crippen LogP contribution is 2.55. The summed E-state index contributed by atoms with van der Waals surface area (Å²) in [6, 6.07) is 0. The van der Waals surface area contributed by atoms with Crippen molar-refractivity contribution in [2.24, 2.45) is 22.7 Å². The van der Waals surface area contributed by atoms with E-state index in [1.54, 1.807) is 25.2 Å². The molecular weight excluding hydrogens is 472 g/mol. The minimum absolute atomic E-state index is 0.229. The Labute approximate surface area is 235 Å². The Hall–Kier alpha value is -1.65. The van der Waals surface area contributed by atoms with Crippen LogP contribution in [0.25, 0.3) is 0 Å². The molecule has 0 saturated heterocycles. The zero-order valence-electron chi connectivity index (χ0n) is 26.5. The average Bonchev–Trinajstić information content (AvgIpc) is 3.62. The van der Waals surface area contributed by atoms with E-state index in [1.807, 2.05) is 13.8 Å². The number of hydrogen-bond acceptors (Lipinski definition) is 4. The highest BCUT2D eigenvalue weighted by atomic mass is 16.6. The highest BCUT2D eigenvalue weighted by molar-refractivity contribution is 5.66. The van der Waals surface area contributed by atoms with E-state index in [2.05, 4.69) is 67.4 Å². The number of aliphatic hydroxyl groups is 2. The first kappa shape index (κ1) is 36.4. The topological polar surface area (TPSA) is 66.8 Å². The fraction of sp³-hybridized carbons (Fsp3) is 0.735. The van der Waals surface area contributed by atoms with E-state index < -0.39 is 16.8 Å². The smallest absolute Gasteiger partial charge is 0.303 e. The van der Waals surface area contributed by atoms with E-state index in [-0.39, 0.29) is 5.97 Å². The molecule has 0 heterocycles. The van der Waals surface area contributed by atoms with Crippen LogP contribution in [0.4, 0.5) is 0 Å². The normalized spacial score (nSPS) is 24.6. The number of carbonyl (C=O) groups excluding carboxylic acids is 1. The molecule has 0 bridgehead atoms. The third kappa shape index (κ3) is 15.7. The molecule has 4 nitrogen and oxygen atoms in total. The Bertz CT molecular complexity index is 810. The minimum atomic E-state index is -0.702. The summed E-state index contributed by atoms with van der Waals surface area (Å²) in [5.74, 6) is 1.38. The average molecular weight is 533 g/mol. The maximum atomic E-state index is 10.9. The van der Waals surface area contributed by atoms with Crippen LogP contribution < -0.4 is 0 Å². The van der Waals surface area contributed by atoms with Crippen LogP contribution in [-0.2, 0) is 9.53 Å². The van der Waals surface area contributed by atoms with E-state index in [0.29, 0.717) is 10.8 Å². The third-order valence-corrected chi connectivity index (χ3v) is 8.31. The maximum Gasteiger partial charge on any atom is 0.303 e. The van der Waals surface area contributed by atoms with Crippen LogP contribution in [-0.4, -0.2) is 33.0 Å². The SMILES string of the molecule is C=CC(C)(CCC1CC1(C)C)OC(C)=O.C=CC(C)(O)CCC1CC1(C)C.C=CC(C)(O)CCC=C(C)C. The van der Waals surface area contributed by atoms with Crippen molar-refractivity contribution >= 4 is 5.97 Å². The molecule has 2 fully saturated rings. The summed E-state index contributed by atoms with van der Waals surface area (Å²) in [6.45, 7) is 31.2. The lowest BCUT2D eigenvalue weighted by molar-refractivity contribution is -0.151. The van der Waals surface area contributed by atoms with Gasteiger partial charge in [0, 0.05) is 6.92 Å². The third-order valence-electron chi connectivity index (χ3n) is 8.31. The van der Waals surface area contributed by atoms with Gasteiger partial charge in [0.2, 0.25) is 0 Å². The lowest BCUT2D eigenvalue weighted by atomic mass is 9.96. The van der Waals surface area contributed by atoms with E-state index >= 15 is 0 Å². The molecule has 2 N–H and O–H groups in total. The summed E-state index contributed by atoms with van der Waals surface area (Å²) < 4.78 is 5.28. The van der Waals surface area contributed by atoms with Crippen LogP contribution in [0.2, 0.25) is 0 Å². The molecule has 0 radical (unpaired) electrons. The molecule has 2 aliphatic rings. The first-order valence-electron chi connectivity index (χ1n) is 14.3. The Balaban J connectivity index is 0.000000549. The Morgan fingerprint density at radius 3 is 1.53 bits per heavy atom. The predicted octanol–water partition coefficient (Wildman–Crippen LogP) is 8.74. The maximum absolute atomic E-state index is 10.9. The van der Waals surface area contributed by atoms with Gasteiger partial charge >= 0.3 is 5.97 Å². The van der Waals surface area contributed by atoms with E-state index in [1.165, 1.54) is 25.3 Å². The molecule has 0 aliphatic heterocycles. The highest BCUT2D eigenvalue weighted by Gasteiger charge is 2.46. The molecule has 220 valence electrons. The number of ether oxygens (including phenoxy) is 1.